The molecular weight excluding hydrogens is 342 g/mol. The average molecular weight is 367 g/mol. The highest BCUT2D eigenvalue weighted by Gasteiger charge is 2.46. The molecule has 1 saturated carbocycles. The molecule has 1 aromatic rings. The number of sulfonamides is 1. The molecule has 25 heavy (non-hydrogen) atoms. The first-order chi connectivity index (χ1) is 11.8. The summed E-state index contributed by atoms with van der Waals surface area (Å²) in [6, 6.07) is 4.40. The molecular formula is C17H25N3O4S. The Hall–Kier alpha value is -1.64. The van der Waals surface area contributed by atoms with Gasteiger partial charge in [-0.15, -0.1) is 0 Å². The first-order valence-electron chi connectivity index (χ1n) is 8.58. The van der Waals surface area contributed by atoms with Crippen molar-refractivity contribution in [3.8, 4) is 5.75 Å². The van der Waals surface area contributed by atoms with Crippen molar-refractivity contribution in [2.45, 2.75) is 30.7 Å². The van der Waals surface area contributed by atoms with Gasteiger partial charge in [0.25, 0.3) is 5.91 Å². The second-order valence-electron chi connectivity index (χ2n) is 6.77. The van der Waals surface area contributed by atoms with E-state index in [1.54, 1.807) is 0 Å². The van der Waals surface area contributed by atoms with E-state index < -0.39 is 10.0 Å². The summed E-state index contributed by atoms with van der Waals surface area (Å²) in [5.41, 5.74) is 0.181. The van der Waals surface area contributed by atoms with Crippen LogP contribution in [0.25, 0.3) is 0 Å². The lowest BCUT2D eigenvalue weighted by Crippen LogP contribution is -2.44. The molecule has 1 saturated heterocycles. The van der Waals surface area contributed by atoms with Crippen molar-refractivity contribution >= 4 is 15.9 Å². The van der Waals surface area contributed by atoms with E-state index in [1.807, 2.05) is 0 Å². The Labute approximate surface area is 148 Å². The summed E-state index contributed by atoms with van der Waals surface area (Å²) in [4.78, 5) is 14.9. The van der Waals surface area contributed by atoms with Crippen LogP contribution in [-0.4, -0.2) is 52.0 Å². The van der Waals surface area contributed by atoms with Crippen LogP contribution in [0.3, 0.4) is 0 Å². The number of nitrogens with two attached hydrogens (primary N) is 1. The van der Waals surface area contributed by atoms with Crippen molar-refractivity contribution in [3.63, 3.8) is 0 Å². The molecule has 7 nitrogen and oxygen atoms in total. The second-order valence-corrected chi connectivity index (χ2v) is 8.33. The molecule has 8 heteroatoms. The molecule has 1 heterocycles. The minimum absolute atomic E-state index is 0.103. The molecule has 0 radical (unpaired) electrons. The fourth-order valence-electron chi connectivity index (χ4n) is 4.01. The zero-order valence-corrected chi connectivity index (χ0v) is 15.4. The van der Waals surface area contributed by atoms with Crippen LogP contribution in [0.2, 0.25) is 0 Å². The number of nitrogens with zero attached hydrogens (tertiary/aromatic N) is 1. The second kappa shape index (κ2) is 6.93. The fraction of sp³-hybridized carbons (Fsp3) is 0.588. The summed E-state index contributed by atoms with van der Waals surface area (Å²) in [6.07, 6.45) is 2.49. The minimum Gasteiger partial charge on any atom is -0.496 e. The standard InChI is InChI=1S/C17H25N3O4S/c1-3-20-10-11-4-6-13(11)15(20)9-19-17(21)14-8-12(25(18,22)23)5-7-16(14)24-2/h5,7-8,11,13,15H,3-4,6,9-10H2,1-2H3,(H,19,21)(H2,18,22,23). The Bertz CT molecular complexity index is 765. The van der Waals surface area contributed by atoms with E-state index in [1.165, 1.54) is 38.2 Å². The molecule has 3 atom stereocenters. The van der Waals surface area contributed by atoms with Crippen LogP contribution < -0.4 is 15.2 Å². The lowest BCUT2D eigenvalue weighted by molar-refractivity contribution is 0.0926. The lowest BCUT2D eigenvalue weighted by Gasteiger charge is -2.34. The van der Waals surface area contributed by atoms with Crippen molar-refractivity contribution < 1.29 is 17.9 Å². The Morgan fingerprint density at radius 3 is 2.72 bits per heavy atom. The third-order valence-electron chi connectivity index (χ3n) is 5.53. The SMILES string of the molecule is CCN1CC2CCC2C1CNC(=O)c1cc(S(N)(=O)=O)ccc1OC. The molecule has 2 fully saturated rings. The van der Waals surface area contributed by atoms with Crippen molar-refractivity contribution in [1.29, 1.82) is 0 Å². The lowest BCUT2D eigenvalue weighted by atomic mass is 9.73. The van der Waals surface area contributed by atoms with Crippen LogP contribution in [0.1, 0.15) is 30.1 Å². The predicted molar refractivity (Wildman–Crippen MR) is 93.9 cm³/mol. The van der Waals surface area contributed by atoms with E-state index in [2.05, 4.69) is 17.1 Å². The van der Waals surface area contributed by atoms with Crippen molar-refractivity contribution in [1.82, 2.24) is 10.2 Å². The molecule has 1 aromatic carbocycles. The number of amides is 1. The van der Waals surface area contributed by atoms with Gasteiger partial charge in [0.15, 0.2) is 0 Å². The smallest absolute Gasteiger partial charge is 0.255 e. The Morgan fingerprint density at radius 1 is 1.40 bits per heavy atom. The molecule has 3 N–H and O–H groups in total. The predicted octanol–water partition coefficient (Wildman–Crippen LogP) is 0.803. The maximum absolute atomic E-state index is 12.6. The van der Waals surface area contributed by atoms with Gasteiger partial charge in [0.2, 0.25) is 10.0 Å². The van der Waals surface area contributed by atoms with Gasteiger partial charge in [0, 0.05) is 19.1 Å². The topological polar surface area (TPSA) is 102 Å². The normalized spacial score (nSPS) is 26.0. The highest BCUT2D eigenvalue weighted by Crippen LogP contribution is 2.44. The maximum Gasteiger partial charge on any atom is 0.255 e. The molecule has 3 unspecified atom stereocenters. The summed E-state index contributed by atoms with van der Waals surface area (Å²) in [5, 5.41) is 8.11. The van der Waals surface area contributed by atoms with Crippen LogP contribution in [-0.2, 0) is 10.0 Å². The van der Waals surface area contributed by atoms with Gasteiger partial charge in [-0.1, -0.05) is 6.92 Å². The Morgan fingerprint density at radius 2 is 2.16 bits per heavy atom. The van der Waals surface area contributed by atoms with E-state index in [0.29, 0.717) is 24.3 Å². The number of fused-ring (bicyclic) bond motifs is 1. The number of rotatable bonds is 6. The third-order valence-corrected chi connectivity index (χ3v) is 6.44. The van der Waals surface area contributed by atoms with Gasteiger partial charge < -0.3 is 10.1 Å². The average Bonchev–Trinajstić information content (AvgIpc) is 2.80. The van der Waals surface area contributed by atoms with E-state index in [0.717, 1.165) is 19.0 Å². The molecule has 138 valence electrons. The van der Waals surface area contributed by atoms with Gasteiger partial charge in [0.05, 0.1) is 17.6 Å². The van der Waals surface area contributed by atoms with E-state index >= 15 is 0 Å². The van der Waals surface area contributed by atoms with Gasteiger partial charge in [0.1, 0.15) is 5.75 Å². The largest absolute Gasteiger partial charge is 0.496 e. The van der Waals surface area contributed by atoms with Gasteiger partial charge in [-0.25, -0.2) is 13.6 Å². The Balaban J connectivity index is 1.74. The summed E-state index contributed by atoms with van der Waals surface area (Å²) < 4.78 is 28.3. The molecule has 1 aliphatic carbocycles. The number of likely N-dealkylation sites (N-methyl/N-ethyl adjacent to an activating group) is 1. The van der Waals surface area contributed by atoms with Crippen molar-refractivity contribution in [3.05, 3.63) is 23.8 Å². The van der Waals surface area contributed by atoms with Gasteiger partial charge in [-0.3, -0.25) is 9.69 Å². The number of ether oxygens (including phenoxy) is 1. The van der Waals surface area contributed by atoms with Crippen LogP contribution >= 0.6 is 0 Å². The fourth-order valence-corrected chi connectivity index (χ4v) is 4.55. The van der Waals surface area contributed by atoms with Gasteiger partial charge in [-0.05, 0) is 49.4 Å². The van der Waals surface area contributed by atoms with E-state index in [-0.39, 0.29) is 16.4 Å². The first-order valence-corrected chi connectivity index (χ1v) is 10.1. The first kappa shape index (κ1) is 18.2. The van der Waals surface area contributed by atoms with Gasteiger partial charge in [-0.2, -0.15) is 0 Å². The van der Waals surface area contributed by atoms with Crippen molar-refractivity contribution in [2.75, 3.05) is 26.7 Å². The zero-order valence-electron chi connectivity index (χ0n) is 14.6. The molecule has 2 aliphatic rings. The van der Waals surface area contributed by atoms with E-state index in [4.69, 9.17) is 9.88 Å². The van der Waals surface area contributed by atoms with Crippen LogP contribution in [0.5, 0.6) is 5.75 Å². The number of methoxy groups -OCH3 is 1. The minimum atomic E-state index is -3.88. The van der Waals surface area contributed by atoms with Crippen LogP contribution in [0, 0.1) is 11.8 Å². The number of hydrogen-bond donors (Lipinski definition) is 2. The Kier molecular flexibility index (Phi) is 5.04. The number of nitrogens with one attached hydrogen (secondary N) is 1. The maximum atomic E-state index is 12.6. The number of carbonyl (C=O) groups is 1. The van der Waals surface area contributed by atoms with E-state index in [9.17, 15) is 13.2 Å². The molecule has 0 aromatic heterocycles. The molecule has 0 bridgehead atoms. The summed E-state index contributed by atoms with van der Waals surface area (Å²) in [6.45, 7) is 4.76. The number of primary sulfonamides is 1. The number of hydrogen-bond acceptors (Lipinski definition) is 5. The summed E-state index contributed by atoms with van der Waals surface area (Å²) >= 11 is 0. The van der Waals surface area contributed by atoms with Crippen molar-refractivity contribution in [2.24, 2.45) is 17.0 Å². The van der Waals surface area contributed by atoms with Crippen LogP contribution in [0.4, 0.5) is 0 Å². The molecule has 0 spiro atoms. The molecule has 1 aliphatic heterocycles. The number of likely N-dealkylation sites (tertiary alicyclic amines) is 1. The third kappa shape index (κ3) is 3.51. The number of carbonyl (C=O) groups excluding carboxylic acids is 1. The van der Waals surface area contributed by atoms with Gasteiger partial charge >= 0.3 is 0 Å². The summed E-state index contributed by atoms with van der Waals surface area (Å²) in [5.74, 6) is 1.38. The quantitative estimate of drug-likeness (QED) is 0.774. The number of benzene rings is 1. The van der Waals surface area contributed by atoms with Crippen LogP contribution in [0.15, 0.2) is 23.1 Å². The molecule has 3 rings (SSSR count). The summed E-state index contributed by atoms with van der Waals surface area (Å²) in [7, 11) is -2.44. The monoisotopic (exact) mass is 367 g/mol. The zero-order chi connectivity index (χ0) is 18.2. The highest BCUT2D eigenvalue weighted by atomic mass is 32.2. The highest BCUT2D eigenvalue weighted by molar-refractivity contribution is 7.89. The molecule has 1 amide bonds.